The molecule has 5 heteroatoms. The molecule has 2 aromatic rings. The van der Waals surface area contributed by atoms with Gasteiger partial charge in [-0.15, -0.1) is 0 Å². The molecule has 2 rings (SSSR count). The van der Waals surface area contributed by atoms with Crippen LogP contribution in [0, 0.1) is 13.8 Å². The number of nitrogens with two attached hydrogens (primary N) is 1. The van der Waals surface area contributed by atoms with Crippen LogP contribution < -0.4 is 11.1 Å². The third-order valence-electron chi connectivity index (χ3n) is 2.99. The minimum absolute atomic E-state index is 0.248. The third kappa shape index (κ3) is 2.89. The van der Waals surface area contributed by atoms with Gasteiger partial charge in [-0.2, -0.15) is 0 Å². The fourth-order valence-corrected chi connectivity index (χ4v) is 2.44. The van der Waals surface area contributed by atoms with Crippen molar-refractivity contribution in [2.24, 2.45) is 0 Å². The largest absolute Gasteiger partial charge is 0.399 e. The molecular weight excluding hydrogens is 295 g/mol. The van der Waals surface area contributed by atoms with Crippen molar-refractivity contribution in [1.82, 2.24) is 0 Å². The zero-order valence-corrected chi connectivity index (χ0v) is 12.6. The molecule has 0 spiro atoms. The highest BCUT2D eigenvalue weighted by molar-refractivity contribution is 6.44. The second-order valence-electron chi connectivity index (χ2n) is 4.59. The first kappa shape index (κ1) is 14.7. The minimum Gasteiger partial charge on any atom is -0.399 e. The lowest BCUT2D eigenvalue weighted by molar-refractivity contribution is 0.102. The maximum absolute atomic E-state index is 12.3. The zero-order valence-electron chi connectivity index (χ0n) is 11.1. The average molecular weight is 309 g/mol. The van der Waals surface area contributed by atoms with Crippen LogP contribution in [0.4, 0.5) is 11.4 Å². The molecule has 0 bridgehead atoms. The van der Waals surface area contributed by atoms with Gasteiger partial charge in [0, 0.05) is 11.4 Å². The molecule has 0 fully saturated rings. The van der Waals surface area contributed by atoms with Crippen molar-refractivity contribution in [3.8, 4) is 0 Å². The van der Waals surface area contributed by atoms with Crippen molar-refractivity contribution in [1.29, 1.82) is 0 Å². The summed E-state index contributed by atoms with van der Waals surface area (Å²) in [7, 11) is 0. The van der Waals surface area contributed by atoms with Gasteiger partial charge in [0.2, 0.25) is 0 Å². The first-order chi connectivity index (χ1) is 9.40. The van der Waals surface area contributed by atoms with Crippen molar-refractivity contribution in [2.45, 2.75) is 13.8 Å². The fraction of sp³-hybridized carbons (Fsp3) is 0.133. The van der Waals surface area contributed by atoms with E-state index in [0.29, 0.717) is 16.3 Å². The molecule has 0 aliphatic heterocycles. The first-order valence-electron chi connectivity index (χ1n) is 6.02. The summed E-state index contributed by atoms with van der Waals surface area (Å²) < 4.78 is 0. The highest BCUT2D eigenvalue weighted by Gasteiger charge is 2.14. The summed E-state index contributed by atoms with van der Waals surface area (Å²) in [5, 5.41) is 3.45. The summed E-state index contributed by atoms with van der Waals surface area (Å²) >= 11 is 12.0. The summed E-state index contributed by atoms with van der Waals surface area (Å²) in [6.07, 6.45) is 0. The van der Waals surface area contributed by atoms with E-state index in [4.69, 9.17) is 28.9 Å². The van der Waals surface area contributed by atoms with Crippen LogP contribution in [-0.4, -0.2) is 5.91 Å². The van der Waals surface area contributed by atoms with E-state index in [1.54, 1.807) is 18.2 Å². The van der Waals surface area contributed by atoms with Gasteiger partial charge < -0.3 is 11.1 Å². The van der Waals surface area contributed by atoms with Crippen LogP contribution in [0.5, 0.6) is 0 Å². The SMILES string of the molecule is Cc1cc(N)cc(C)c1NC(=O)c1cccc(Cl)c1Cl. The number of halogens is 2. The highest BCUT2D eigenvalue weighted by atomic mass is 35.5. The van der Waals surface area contributed by atoms with Gasteiger partial charge in [0.25, 0.3) is 5.91 Å². The molecule has 0 saturated heterocycles. The van der Waals surface area contributed by atoms with Gasteiger partial charge in [0.15, 0.2) is 0 Å². The molecule has 0 saturated carbocycles. The number of anilines is 2. The molecule has 20 heavy (non-hydrogen) atoms. The molecule has 0 aliphatic rings. The molecule has 0 aromatic heterocycles. The Morgan fingerprint density at radius 1 is 1.15 bits per heavy atom. The van der Waals surface area contributed by atoms with Gasteiger partial charge in [0.1, 0.15) is 0 Å². The highest BCUT2D eigenvalue weighted by Crippen LogP contribution is 2.28. The maximum atomic E-state index is 12.3. The van der Waals surface area contributed by atoms with Gasteiger partial charge in [-0.25, -0.2) is 0 Å². The van der Waals surface area contributed by atoms with E-state index in [-0.39, 0.29) is 10.9 Å². The van der Waals surface area contributed by atoms with Crippen LogP contribution in [-0.2, 0) is 0 Å². The number of carbonyl (C=O) groups is 1. The van der Waals surface area contributed by atoms with Crippen molar-refractivity contribution >= 4 is 40.5 Å². The van der Waals surface area contributed by atoms with Gasteiger partial charge >= 0.3 is 0 Å². The second kappa shape index (κ2) is 5.73. The first-order valence-corrected chi connectivity index (χ1v) is 6.78. The van der Waals surface area contributed by atoms with E-state index in [0.717, 1.165) is 16.8 Å². The third-order valence-corrected chi connectivity index (χ3v) is 3.81. The number of hydrogen-bond donors (Lipinski definition) is 2. The number of amides is 1. The van der Waals surface area contributed by atoms with Crippen LogP contribution in [0.2, 0.25) is 10.0 Å². The van der Waals surface area contributed by atoms with Crippen LogP contribution >= 0.6 is 23.2 Å². The Bertz CT molecular complexity index is 661. The van der Waals surface area contributed by atoms with Gasteiger partial charge in [-0.05, 0) is 49.2 Å². The summed E-state index contributed by atoms with van der Waals surface area (Å²) in [6.45, 7) is 3.77. The number of nitrogen functional groups attached to an aromatic ring is 1. The normalized spacial score (nSPS) is 10.4. The average Bonchev–Trinajstić information content (AvgIpc) is 2.36. The maximum Gasteiger partial charge on any atom is 0.257 e. The zero-order chi connectivity index (χ0) is 14.9. The lowest BCUT2D eigenvalue weighted by Crippen LogP contribution is -2.14. The van der Waals surface area contributed by atoms with E-state index in [2.05, 4.69) is 5.32 Å². The Balaban J connectivity index is 2.36. The van der Waals surface area contributed by atoms with Crippen LogP contribution in [0.15, 0.2) is 30.3 Å². The number of nitrogens with one attached hydrogen (secondary N) is 1. The Kier molecular flexibility index (Phi) is 4.21. The number of rotatable bonds is 2. The van der Waals surface area contributed by atoms with Crippen molar-refractivity contribution in [2.75, 3.05) is 11.1 Å². The Hall–Kier alpha value is -1.71. The van der Waals surface area contributed by atoms with Crippen molar-refractivity contribution < 1.29 is 4.79 Å². The Morgan fingerprint density at radius 2 is 1.75 bits per heavy atom. The molecule has 2 aromatic carbocycles. The molecule has 1 amide bonds. The fourth-order valence-electron chi connectivity index (χ4n) is 2.05. The number of carbonyl (C=O) groups excluding carboxylic acids is 1. The topological polar surface area (TPSA) is 55.1 Å². The summed E-state index contributed by atoms with van der Waals surface area (Å²) in [4.78, 5) is 12.3. The summed E-state index contributed by atoms with van der Waals surface area (Å²) in [5.41, 5.74) is 9.30. The minimum atomic E-state index is -0.298. The van der Waals surface area contributed by atoms with Crippen LogP contribution in [0.25, 0.3) is 0 Å². The Morgan fingerprint density at radius 3 is 2.35 bits per heavy atom. The van der Waals surface area contributed by atoms with E-state index < -0.39 is 0 Å². The summed E-state index contributed by atoms with van der Waals surface area (Å²) in [5.74, 6) is -0.298. The lowest BCUT2D eigenvalue weighted by atomic mass is 10.1. The standard InChI is InChI=1S/C15H14Cl2N2O/c1-8-6-10(18)7-9(2)14(8)19-15(20)11-4-3-5-12(16)13(11)17/h3-7H,18H2,1-2H3,(H,19,20). The van der Waals surface area contributed by atoms with Crippen molar-refractivity contribution in [3.63, 3.8) is 0 Å². The van der Waals surface area contributed by atoms with Crippen LogP contribution in [0.3, 0.4) is 0 Å². The number of hydrogen-bond acceptors (Lipinski definition) is 2. The van der Waals surface area contributed by atoms with E-state index in [9.17, 15) is 4.79 Å². The molecule has 3 N–H and O–H groups in total. The van der Waals surface area contributed by atoms with E-state index in [1.165, 1.54) is 0 Å². The molecule has 0 radical (unpaired) electrons. The van der Waals surface area contributed by atoms with E-state index >= 15 is 0 Å². The predicted octanol–water partition coefficient (Wildman–Crippen LogP) is 4.44. The molecular formula is C15H14Cl2N2O. The molecule has 0 atom stereocenters. The smallest absolute Gasteiger partial charge is 0.257 e. The Labute approximate surface area is 127 Å². The number of benzene rings is 2. The number of aryl methyl sites for hydroxylation is 2. The van der Waals surface area contributed by atoms with Crippen molar-refractivity contribution in [3.05, 3.63) is 57.1 Å². The summed E-state index contributed by atoms with van der Waals surface area (Å²) in [6, 6.07) is 8.57. The monoisotopic (exact) mass is 308 g/mol. The van der Waals surface area contributed by atoms with E-state index in [1.807, 2.05) is 26.0 Å². The molecule has 3 nitrogen and oxygen atoms in total. The predicted molar refractivity (Wildman–Crippen MR) is 84.7 cm³/mol. The molecule has 0 aliphatic carbocycles. The van der Waals surface area contributed by atoms with Gasteiger partial charge in [-0.3, -0.25) is 4.79 Å². The molecule has 0 heterocycles. The second-order valence-corrected chi connectivity index (χ2v) is 5.37. The molecule has 0 unspecified atom stereocenters. The lowest BCUT2D eigenvalue weighted by Gasteiger charge is -2.13. The molecule has 104 valence electrons. The quantitative estimate of drug-likeness (QED) is 0.806. The van der Waals surface area contributed by atoms with Gasteiger partial charge in [-0.1, -0.05) is 29.3 Å². The van der Waals surface area contributed by atoms with Gasteiger partial charge in [0.05, 0.1) is 15.6 Å². The van der Waals surface area contributed by atoms with Crippen LogP contribution in [0.1, 0.15) is 21.5 Å².